The van der Waals surface area contributed by atoms with E-state index in [9.17, 15) is 4.79 Å². The summed E-state index contributed by atoms with van der Waals surface area (Å²) in [7, 11) is 2.23. The molecule has 0 bridgehead atoms. The zero-order valence-corrected chi connectivity index (χ0v) is 20.8. The molecular formula is C28H31ClN4O2. The molecule has 0 spiro atoms. The van der Waals surface area contributed by atoms with Crippen molar-refractivity contribution in [3.63, 3.8) is 0 Å². The molecule has 35 heavy (non-hydrogen) atoms. The van der Waals surface area contributed by atoms with Crippen LogP contribution in [0, 0.1) is 0 Å². The topological polar surface area (TPSA) is 70.2 Å². The van der Waals surface area contributed by atoms with Crippen LogP contribution in [0.1, 0.15) is 47.2 Å². The van der Waals surface area contributed by atoms with Crippen LogP contribution in [0.4, 0.5) is 0 Å². The number of fused-ring (bicyclic) bond motifs is 1. The number of allylic oxidation sites excluding steroid dienone is 1. The molecule has 1 aliphatic carbocycles. The van der Waals surface area contributed by atoms with Gasteiger partial charge in [0.05, 0.1) is 16.3 Å². The van der Waals surface area contributed by atoms with Crippen molar-refractivity contribution in [2.24, 2.45) is 0 Å². The van der Waals surface area contributed by atoms with Gasteiger partial charge in [0.15, 0.2) is 0 Å². The molecular weight excluding hydrogens is 460 g/mol. The Morgan fingerprint density at radius 2 is 2.00 bits per heavy atom. The van der Waals surface area contributed by atoms with Crippen LogP contribution in [-0.2, 0) is 19.6 Å². The third-order valence-electron chi connectivity index (χ3n) is 6.97. The number of nitrogens with zero attached hydrogens (tertiary/aromatic N) is 2. The molecule has 0 saturated carbocycles. The lowest BCUT2D eigenvalue weighted by Gasteiger charge is -2.32. The van der Waals surface area contributed by atoms with Crippen molar-refractivity contribution in [1.82, 2.24) is 20.2 Å². The van der Waals surface area contributed by atoms with Crippen molar-refractivity contribution in [3.8, 4) is 5.75 Å². The number of halogens is 1. The van der Waals surface area contributed by atoms with Crippen molar-refractivity contribution in [2.45, 2.75) is 44.9 Å². The molecule has 7 heteroatoms. The Kier molecular flexibility index (Phi) is 7.32. The van der Waals surface area contributed by atoms with E-state index in [2.05, 4.69) is 51.5 Å². The van der Waals surface area contributed by atoms with Gasteiger partial charge in [0.1, 0.15) is 12.4 Å². The van der Waals surface area contributed by atoms with Crippen LogP contribution in [0.2, 0.25) is 5.02 Å². The number of pyridine rings is 2. The van der Waals surface area contributed by atoms with Crippen LogP contribution in [0.5, 0.6) is 5.75 Å². The lowest BCUT2D eigenvalue weighted by atomic mass is 9.88. The van der Waals surface area contributed by atoms with Gasteiger partial charge >= 0.3 is 0 Å². The minimum atomic E-state index is -0.138. The molecule has 0 atom stereocenters. The highest BCUT2D eigenvalue weighted by Crippen LogP contribution is 2.34. The van der Waals surface area contributed by atoms with E-state index >= 15 is 0 Å². The third-order valence-corrected chi connectivity index (χ3v) is 7.20. The van der Waals surface area contributed by atoms with E-state index in [0.717, 1.165) is 43.7 Å². The largest absolute Gasteiger partial charge is 0.486 e. The number of aryl methyl sites for hydroxylation is 1. The van der Waals surface area contributed by atoms with Crippen LogP contribution in [0.3, 0.4) is 0 Å². The van der Waals surface area contributed by atoms with E-state index in [-0.39, 0.29) is 12.2 Å². The Bertz CT molecular complexity index is 1260. The fourth-order valence-corrected chi connectivity index (χ4v) is 5.15. The number of aromatic nitrogens is 2. The van der Waals surface area contributed by atoms with E-state index < -0.39 is 0 Å². The number of hydrogen-bond acceptors (Lipinski definition) is 5. The highest BCUT2D eigenvalue weighted by molar-refractivity contribution is 6.30. The summed E-state index contributed by atoms with van der Waals surface area (Å²) in [5.74, 6) is 0.570. The van der Waals surface area contributed by atoms with E-state index in [1.54, 1.807) is 18.5 Å². The minimum Gasteiger partial charge on any atom is -0.486 e. The van der Waals surface area contributed by atoms with Gasteiger partial charge in [-0.05, 0) is 86.3 Å². The molecule has 3 aromatic rings. The summed E-state index contributed by atoms with van der Waals surface area (Å²) in [6, 6.07) is 12.8. The highest BCUT2D eigenvalue weighted by atomic mass is 35.5. The second kappa shape index (κ2) is 10.8. The smallest absolute Gasteiger partial charge is 0.259 e. The second-order valence-corrected chi connectivity index (χ2v) is 9.84. The molecule has 2 N–H and O–H groups in total. The summed E-state index contributed by atoms with van der Waals surface area (Å²) in [5, 5.41) is 4.02. The van der Waals surface area contributed by atoms with Gasteiger partial charge in [-0.1, -0.05) is 35.9 Å². The number of rotatable bonds is 7. The van der Waals surface area contributed by atoms with Crippen molar-refractivity contribution < 1.29 is 4.74 Å². The molecule has 182 valence electrons. The maximum absolute atomic E-state index is 12.8. The van der Waals surface area contributed by atoms with Gasteiger partial charge in [-0.25, -0.2) is 0 Å². The van der Waals surface area contributed by atoms with Crippen molar-refractivity contribution in [1.29, 1.82) is 0 Å². The first kappa shape index (κ1) is 23.8. The number of ether oxygens (including phenoxy) is 1. The molecule has 3 heterocycles. The number of piperidine rings is 1. The van der Waals surface area contributed by atoms with Crippen LogP contribution in [-0.4, -0.2) is 41.0 Å². The zero-order chi connectivity index (χ0) is 24.2. The quantitative estimate of drug-likeness (QED) is 0.503. The van der Waals surface area contributed by atoms with Gasteiger partial charge in [-0.2, -0.15) is 0 Å². The molecule has 0 radical (unpaired) electrons. The molecule has 6 nitrogen and oxygen atoms in total. The Labute approximate surface area is 211 Å². The van der Waals surface area contributed by atoms with E-state index in [0.29, 0.717) is 22.4 Å². The van der Waals surface area contributed by atoms with Crippen LogP contribution in [0.15, 0.2) is 53.6 Å². The van der Waals surface area contributed by atoms with E-state index in [4.69, 9.17) is 16.3 Å². The van der Waals surface area contributed by atoms with Crippen molar-refractivity contribution in [3.05, 3.63) is 92.1 Å². The lowest BCUT2D eigenvalue weighted by Crippen LogP contribution is -2.40. The van der Waals surface area contributed by atoms with Gasteiger partial charge < -0.3 is 15.0 Å². The summed E-state index contributed by atoms with van der Waals surface area (Å²) in [4.78, 5) is 22.4. The highest BCUT2D eigenvalue weighted by Gasteiger charge is 2.21. The van der Waals surface area contributed by atoms with Gasteiger partial charge in [-0.3, -0.25) is 14.7 Å². The number of H-pyrrole nitrogens is 1. The average molecular weight is 491 g/mol. The molecule has 2 aromatic heterocycles. The second-order valence-electron chi connectivity index (χ2n) is 9.40. The summed E-state index contributed by atoms with van der Waals surface area (Å²) < 4.78 is 6.03. The van der Waals surface area contributed by atoms with Gasteiger partial charge in [0.2, 0.25) is 0 Å². The number of nitrogens with one attached hydrogen (secondary N) is 2. The maximum atomic E-state index is 12.8. The summed E-state index contributed by atoms with van der Waals surface area (Å²) in [6.07, 6.45) is 9.46. The normalized spacial score (nSPS) is 16.1. The maximum Gasteiger partial charge on any atom is 0.259 e. The first-order valence-electron chi connectivity index (χ1n) is 12.3. The van der Waals surface area contributed by atoms with Crippen molar-refractivity contribution >= 4 is 23.3 Å². The molecule has 1 aromatic carbocycles. The Morgan fingerprint density at radius 1 is 1.14 bits per heavy atom. The number of aromatic amines is 1. The van der Waals surface area contributed by atoms with Crippen LogP contribution < -0.4 is 15.6 Å². The number of benzene rings is 1. The predicted molar refractivity (Wildman–Crippen MR) is 141 cm³/mol. The molecule has 1 saturated heterocycles. The van der Waals surface area contributed by atoms with Crippen LogP contribution in [0.25, 0.3) is 11.6 Å². The molecule has 1 fully saturated rings. The van der Waals surface area contributed by atoms with Crippen molar-refractivity contribution in [2.75, 3.05) is 20.1 Å². The molecule has 1 aliphatic heterocycles. The van der Waals surface area contributed by atoms with Crippen LogP contribution >= 0.6 is 11.6 Å². The molecule has 0 amide bonds. The van der Waals surface area contributed by atoms with Gasteiger partial charge in [0.25, 0.3) is 5.56 Å². The SMILES string of the molecule is CN(Cc1ccc2c(c1)CCC(c1c(OCc3ccc(Cl)cn3)cc[nH]c1=O)=C2)C1CCNCC1. The molecule has 5 rings (SSSR count). The van der Waals surface area contributed by atoms with E-state index in [1.165, 1.54) is 29.5 Å². The van der Waals surface area contributed by atoms with Gasteiger partial charge in [-0.15, -0.1) is 0 Å². The molecule has 0 unspecified atom stereocenters. The Balaban J connectivity index is 1.34. The molecule has 2 aliphatic rings. The average Bonchev–Trinajstić information content (AvgIpc) is 2.88. The lowest BCUT2D eigenvalue weighted by molar-refractivity contribution is 0.192. The first-order valence-corrected chi connectivity index (χ1v) is 12.6. The monoisotopic (exact) mass is 490 g/mol. The third kappa shape index (κ3) is 5.67. The predicted octanol–water partition coefficient (Wildman–Crippen LogP) is 4.67. The van der Waals surface area contributed by atoms with E-state index in [1.807, 2.05) is 12.1 Å². The fourth-order valence-electron chi connectivity index (χ4n) is 5.03. The summed E-state index contributed by atoms with van der Waals surface area (Å²) in [5.41, 5.74) is 6.07. The first-order chi connectivity index (χ1) is 17.1. The Hall–Kier alpha value is -2.93. The minimum absolute atomic E-state index is 0.138. The standard InChI is InChI=1S/C28H31ClN4O2/c1-33(25-8-11-30-12-9-25)17-19-2-3-21-15-22(5-4-20(21)14-19)27-26(10-13-31-28(27)34)35-18-24-7-6-23(29)16-32-24/h2-3,6-7,10,13-16,25,30H,4-5,8-9,11-12,17-18H2,1H3,(H,31,34). The summed E-state index contributed by atoms with van der Waals surface area (Å²) in [6.45, 7) is 3.44. The zero-order valence-electron chi connectivity index (χ0n) is 20.0. The summed E-state index contributed by atoms with van der Waals surface area (Å²) >= 11 is 5.93. The fraction of sp³-hybridized carbons (Fsp3) is 0.357. The number of hydrogen-bond donors (Lipinski definition) is 2. The van der Waals surface area contributed by atoms with Gasteiger partial charge in [0, 0.05) is 25.0 Å². The Morgan fingerprint density at radius 3 is 2.80 bits per heavy atom.